The SMILES string of the molecule is CC(C)CC(C)c1ccccc1NC(=O)C1(C(F)F)C=CN(C)N1. The highest BCUT2D eigenvalue weighted by Crippen LogP contribution is 2.31. The van der Waals surface area contributed by atoms with E-state index in [0.29, 0.717) is 11.6 Å². The first-order chi connectivity index (χ1) is 11.3. The monoisotopic (exact) mass is 337 g/mol. The van der Waals surface area contributed by atoms with E-state index in [2.05, 4.69) is 31.5 Å². The van der Waals surface area contributed by atoms with Crippen LogP contribution in [0.25, 0.3) is 0 Å². The lowest BCUT2D eigenvalue weighted by Gasteiger charge is -2.28. The quantitative estimate of drug-likeness (QED) is 0.831. The predicted octanol–water partition coefficient (Wildman–Crippen LogP) is 3.74. The van der Waals surface area contributed by atoms with E-state index >= 15 is 0 Å². The maximum atomic E-state index is 13.6. The maximum absolute atomic E-state index is 13.6. The van der Waals surface area contributed by atoms with E-state index < -0.39 is 17.9 Å². The van der Waals surface area contributed by atoms with Crippen LogP contribution in [0.2, 0.25) is 0 Å². The minimum atomic E-state index is -2.86. The summed E-state index contributed by atoms with van der Waals surface area (Å²) in [4.78, 5) is 12.6. The van der Waals surface area contributed by atoms with Crippen molar-refractivity contribution in [2.45, 2.75) is 45.1 Å². The second-order valence-electron chi connectivity index (χ2n) is 6.78. The van der Waals surface area contributed by atoms with Crippen LogP contribution in [0.5, 0.6) is 0 Å². The topological polar surface area (TPSA) is 44.4 Å². The molecule has 0 saturated carbocycles. The van der Waals surface area contributed by atoms with E-state index in [4.69, 9.17) is 0 Å². The number of alkyl halides is 2. The summed E-state index contributed by atoms with van der Waals surface area (Å²) in [6.07, 6.45) is 0.721. The lowest BCUT2D eigenvalue weighted by atomic mass is 9.90. The predicted molar refractivity (Wildman–Crippen MR) is 91.7 cm³/mol. The zero-order chi connectivity index (χ0) is 17.9. The lowest BCUT2D eigenvalue weighted by Crippen LogP contribution is -2.58. The molecule has 1 aliphatic heterocycles. The van der Waals surface area contributed by atoms with Gasteiger partial charge in [-0.15, -0.1) is 0 Å². The third kappa shape index (κ3) is 3.75. The summed E-state index contributed by atoms with van der Waals surface area (Å²) in [5.74, 6) is -0.0368. The van der Waals surface area contributed by atoms with Crippen LogP contribution in [0.3, 0.4) is 0 Å². The van der Waals surface area contributed by atoms with Gasteiger partial charge < -0.3 is 10.3 Å². The van der Waals surface area contributed by atoms with Gasteiger partial charge in [0.25, 0.3) is 12.3 Å². The standard InChI is InChI=1S/C18H25F2N3O/c1-12(2)11-13(3)14-7-5-6-8-15(14)21-17(24)18(16(19)20)9-10-23(4)22-18/h5-10,12-13,16,22H,11H2,1-4H3,(H,21,24). The van der Waals surface area contributed by atoms with Crippen molar-refractivity contribution in [3.8, 4) is 0 Å². The number of halogens is 2. The summed E-state index contributed by atoms with van der Waals surface area (Å²) >= 11 is 0. The number of hydrazine groups is 1. The van der Waals surface area contributed by atoms with E-state index in [0.717, 1.165) is 12.0 Å². The van der Waals surface area contributed by atoms with Gasteiger partial charge in [-0.1, -0.05) is 39.0 Å². The fourth-order valence-corrected chi connectivity index (χ4v) is 3.04. The summed E-state index contributed by atoms with van der Waals surface area (Å²) in [5.41, 5.74) is 2.03. The Labute approximate surface area is 141 Å². The van der Waals surface area contributed by atoms with E-state index in [1.807, 2.05) is 12.1 Å². The highest BCUT2D eigenvalue weighted by atomic mass is 19.3. The molecule has 0 spiro atoms. The number of benzene rings is 1. The third-order valence-corrected chi connectivity index (χ3v) is 4.21. The van der Waals surface area contributed by atoms with Gasteiger partial charge in [-0.2, -0.15) is 0 Å². The Morgan fingerprint density at radius 1 is 1.29 bits per heavy atom. The molecule has 1 heterocycles. The van der Waals surface area contributed by atoms with Gasteiger partial charge in [-0.05, 0) is 36.0 Å². The van der Waals surface area contributed by atoms with Gasteiger partial charge in [0.15, 0.2) is 5.54 Å². The van der Waals surface area contributed by atoms with Crippen molar-refractivity contribution in [3.05, 3.63) is 42.1 Å². The minimum Gasteiger partial charge on any atom is -0.324 e. The number of carbonyl (C=O) groups excluding carboxylic acids is 1. The first kappa shape index (κ1) is 18.4. The number of nitrogens with zero attached hydrogens (tertiary/aromatic N) is 1. The second kappa shape index (κ2) is 7.30. The Kier molecular flexibility index (Phi) is 5.59. The molecule has 0 saturated heterocycles. The lowest BCUT2D eigenvalue weighted by molar-refractivity contribution is -0.127. The summed E-state index contributed by atoms with van der Waals surface area (Å²) in [5, 5.41) is 4.05. The summed E-state index contributed by atoms with van der Waals surface area (Å²) in [6.45, 7) is 6.34. The first-order valence-corrected chi connectivity index (χ1v) is 8.14. The van der Waals surface area contributed by atoms with Crippen LogP contribution in [-0.4, -0.2) is 29.9 Å². The van der Waals surface area contributed by atoms with Crippen molar-refractivity contribution in [2.24, 2.45) is 5.92 Å². The number of amides is 1. The van der Waals surface area contributed by atoms with Gasteiger partial charge in [-0.3, -0.25) is 4.79 Å². The molecule has 1 aromatic rings. The van der Waals surface area contributed by atoms with E-state index in [9.17, 15) is 13.6 Å². The zero-order valence-electron chi connectivity index (χ0n) is 14.5. The Morgan fingerprint density at radius 3 is 2.50 bits per heavy atom. The van der Waals surface area contributed by atoms with Crippen LogP contribution >= 0.6 is 0 Å². The Balaban J connectivity index is 2.25. The number of anilines is 1. The smallest absolute Gasteiger partial charge is 0.270 e. The number of hydrogen-bond acceptors (Lipinski definition) is 3. The van der Waals surface area contributed by atoms with Gasteiger partial charge in [0, 0.05) is 18.9 Å². The van der Waals surface area contributed by atoms with Crippen molar-refractivity contribution in [1.29, 1.82) is 0 Å². The molecule has 132 valence electrons. The fraction of sp³-hybridized carbons (Fsp3) is 0.500. The van der Waals surface area contributed by atoms with Crippen LogP contribution in [0.1, 0.15) is 38.7 Å². The minimum absolute atomic E-state index is 0.221. The molecule has 6 heteroatoms. The number of carbonyl (C=O) groups is 1. The number of nitrogens with one attached hydrogen (secondary N) is 2. The molecule has 0 aliphatic carbocycles. The average molecular weight is 337 g/mol. The molecule has 24 heavy (non-hydrogen) atoms. The molecule has 0 bridgehead atoms. The molecule has 1 aliphatic rings. The average Bonchev–Trinajstić information content (AvgIpc) is 2.90. The van der Waals surface area contributed by atoms with Crippen molar-refractivity contribution in [1.82, 2.24) is 10.4 Å². The highest BCUT2D eigenvalue weighted by Gasteiger charge is 2.48. The van der Waals surface area contributed by atoms with Crippen molar-refractivity contribution in [2.75, 3.05) is 12.4 Å². The molecule has 2 atom stereocenters. The molecule has 4 nitrogen and oxygen atoms in total. The summed E-state index contributed by atoms with van der Waals surface area (Å²) in [6, 6.07) is 7.37. The Hall–Kier alpha value is -1.95. The maximum Gasteiger partial charge on any atom is 0.270 e. The number of para-hydroxylation sites is 1. The zero-order valence-corrected chi connectivity index (χ0v) is 14.5. The van der Waals surface area contributed by atoms with Crippen LogP contribution < -0.4 is 10.7 Å². The molecule has 0 aromatic heterocycles. The van der Waals surface area contributed by atoms with Crippen molar-refractivity contribution >= 4 is 11.6 Å². The Morgan fingerprint density at radius 2 is 1.96 bits per heavy atom. The first-order valence-electron chi connectivity index (χ1n) is 8.14. The molecular weight excluding hydrogens is 312 g/mol. The molecule has 0 fully saturated rings. The molecule has 2 N–H and O–H groups in total. The van der Waals surface area contributed by atoms with Gasteiger partial charge in [0.2, 0.25) is 0 Å². The van der Waals surface area contributed by atoms with E-state index in [-0.39, 0.29) is 5.92 Å². The normalized spacial score (nSPS) is 21.6. The van der Waals surface area contributed by atoms with E-state index in [1.54, 1.807) is 19.2 Å². The molecular formula is C18H25F2N3O. The van der Waals surface area contributed by atoms with Gasteiger partial charge >= 0.3 is 0 Å². The summed E-state index contributed by atoms with van der Waals surface area (Å²) < 4.78 is 27.1. The molecule has 2 unspecified atom stereocenters. The second-order valence-corrected chi connectivity index (χ2v) is 6.78. The summed E-state index contributed by atoms with van der Waals surface area (Å²) in [7, 11) is 1.58. The molecule has 0 radical (unpaired) electrons. The molecule has 2 rings (SSSR count). The van der Waals surface area contributed by atoms with Crippen molar-refractivity contribution < 1.29 is 13.6 Å². The highest BCUT2D eigenvalue weighted by molar-refractivity contribution is 6.01. The van der Waals surface area contributed by atoms with E-state index in [1.165, 1.54) is 17.3 Å². The fourth-order valence-electron chi connectivity index (χ4n) is 3.04. The Bertz CT molecular complexity index is 618. The molecule has 1 amide bonds. The number of rotatable bonds is 6. The van der Waals surface area contributed by atoms with Crippen LogP contribution in [-0.2, 0) is 4.79 Å². The van der Waals surface area contributed by atoms with Gasteiger partial charge in [0.1, 0.15) is 0 Å². The van der Waals surface area contributed by atoms with Crippen LogP contribution in [0, 0.1) is 5.92 Å². The van der Waals surface area contributed by atoms with Crippen LogP contribution in [0.15, 0.2) is 36.5 Å². The number of hydrogen-bond donors (Lipinski definition) is 2. The molecule has 1 aromatic carbocycles. The largest absolute Gasteiger partial charge is 0.324 e. The van der Waals surface area contributed by atoms with Crippen LogP contribution in [0.4, 0.5) is 14.5 Å². The van der Waals surface area contributed by atoms with Crippen molar-refractivity contribution in [3.63, 3.8) is 0 Å². The van der Waals surface area contributed by atoms with Gasteiger partial charge in [-0.25, -0.2) is 14.2 Å². The third-order valence-electron chi connectivity index (χ3n) is 4.21. The van der Waals surface area contributed by atoms with Gasteiger partial charge in [0.05, 0.1) is 0 Å².